The Hall–Kier alpha value is -1.71. The Balaban J connectivity index is 2.81. The van der Waals surface area contributed by atoms with Gasteiger partial charge in [-0.15, -0.1) is 5.16 Å². The third-order valence-corrected chi connectivity index (χ3v) is 3.62. The molecule has 0 saturated heterocycles. The fourth-order valence-electron chi connectivity index (χ4n) is 2.23. The standard InChI is InChI=1S/C18H29NO3/c1-5-7-8-9-12-22-16-11-10-15(13-17(16)21-6-2)18(3,4)14-19-20/h10-11,13-14,20H,5-9,12H2,1-4H3. The molecule has 4 heteroatoms. The van der Waals surface area contributed by atoms with Crippen molar-refractivity contribution in [3.63, 3.8) is 0 Å². The summed E-state index contributed by atoms with van der Waals surface area (Å²) < 4.78 is 11.6. The normalized spacial score (nSPS) is 11.8. The largest absolute Gasteiger partial charge is 0.490 e. The van der Waals surface area contributed by atoms with Gasteiger partial charge in [-0.2, -0.15) is 0 Å². The van der Waals surface area contributed by atoms with Gasteiger partial charge in [-0.3, -0.25) is 0 Å². The van der Waals surface area contributed by atoms with Crippen LogP contribution in [-0.4, -0.2) is 24.6 Å². The predicted octanol–water partition coefficient (Wildman–Crippen LogP) is 4.78. The summed E-state index contributed by atoms with van der Waals surface area (Å²) in [4.78, 5) is 0. The lowest BCUT2D eigenvalue weighted by molar-refractivity contribution is 0.270. The minimum atomic E-state index is -0.361. The average Bonchev–Trinajstić information content (AvgIpc) is 2.48. The Morgan fingerprint density at radius 1 is 1.09 bits per heavy atom. The summed E-state index contributed by atoms with van der Waals surface area (Å²) in [5.41, 5.74) is 0.660. The van der Waals surface area contributed by atoms with Crippen LogP contribution in [0.5, 0.6) is 11.5 Å². The van der Waals surface area contributed by atoms with E-state index in [-0.39, 0.29) is 5.41 Å². The molecule has 0 bridgehead atoms. The van der Waals surface area contributed by atoms with Crippen LogP contribution in [0.3, 0.4) is 0 Å². The number of unbranched alkanes of at least 4 members (excludes halogenated alkanes) is 3. The van der Waals surface area contributed by atoms with Crippen LogP contribution in [0.25, 0.3) is 0 Å². The van der Waals surface area contributed by atoms with E-state index in [2.05, 4.69) is 12.1 Å². The molecule has 0 saturated carbocycles. The van der Waals surface area contributed by atoms with Gasteiger partial charge >= 0.3 is 0 Å². The summed E-state index contributed by atoms with van der Waals surface area (Å²) >= 11 is 0. The average molecular weight is 307 g/mol. The van der Waals surface area contributed by atoms with E-state index >= 15 is 0 Å². The maximum Gasteiger partial charge on any atom is 0.161 e. The molecule has 0 radical (unpaired) electrons. The van der Waals surface area contributed by atoms with Crippen molar-refractivity contribution >= 4 is 6.21 Å². The first-order chi connectivity index (χ1) is 10.5. The maximum atomic E-state index is 8.79. The molecule has 1 aromatic carbocycles. The number of hydrogen-bond donors (Lipinski definition) is 1. The summed E-state index contributed by atoms with van der Waals surface area (Å²) in [6, 6.07) is 5.89. The predicted molar refractivity (Wildman–Crippen MR) is 90.6 cm³/mol. The molecule has 0 spiro atoms. The van der Waals surface area contributed by atoms with Crippen molar-refractivity contribution in [3.05, 3.63) is 23.8 Å². The highest BCUT2D eigenvalue weighted by molar-refractivity contribution is 5.72. The van der Waals surface area contributed by atoms with Crippen molar-refractivity contribution in [1.82, 2.24) is 0 Å². The second kappa shape index (κ2) is 9.34. The molecule has 1 N–H and O–H groups in total. The fraction of sp³-hybridized carbons (Fsp3) is 0.611. The molecule has 0 unspecified atom stereocenters. The molecule has 0 atom stereocenters. The van der Waals surface area contributed by atoms with Crippen LogP contribution in [0.15, 0.2) is 23.4 Å². The SMILES string of the molecule is CCCCCCOc1ccc(C(C)(C)C=NO)cc1OCC. The molecular weight excluding hydrogens is 278 g/mol. The van der Waals surface area contributed by atoms with E-state index in [4.69, 9.17) is 14.7 Å². The summed E-state index contributed by atoms with van der Waals surface area (Å²) in [7, 11) is 0. The zero-order chi connectivity index (χ0) is 16.4. The van der Waals surface area contributed by atoms with E-state index in [1.807, 2.05) is 39.0 Å². The summed E-state index contributed by atoms with van der Waals surface area (Å²) in [5, 5.41) is 12.0. The van der Waals surface area contributed by atoms with Crippen molar-refractivity contribution < 1.29 is 14.7 Å². The van der Waals surface area contributed by atoms with Gasteiger partial charge in [0.05, 0.1) is 19.4 Å². The van der Waals surface area contributed by atoms with Gasteiger partial charge in [0.15, 0.2) is 11.5 Å². The van der Waals surface area contributed by atoms with Crippen LogP contribution < -0.4 is 9.47 Å². The Morgan fingerprint density at radius 3 is 2.50 bits per heavy atom. The number of nitrogens with zero attached hydrogens (tertiary/aromatic N) is 1. The molecule has 0 aliphatic carbocycles. The molecule has 4 nitrogen and oxygen atoms in total. The van der Waals surface area contributed by atoms with Crippen LogP contribution in [0.4, 0.5) is 0 Å². The van der Waals surface area contributed by atoms with Crippen LogP contribution in [0.1, 0.15) is 58.9 Å². The van der Waals surface area contributed by atoms with E-state index in [1.165, 1.54) is 25.5 Å². The van der Waals surface area contributed by atoms with Gasteiger partial charge in [-0.25, -0.2) is 0 Å². The first kappa shape index (κ1) is 18.3. The van der Waals surface area contributed by atoms with E-state index < -0.39 is 0 Å². The first-order valence-electron chi connectivity index (χ1n) is 8.13. The Morgan fingerprint density at radius 2 is 1.86 bits per heavy atom. The fourth-order valence-corrected chi connectivity index (χ4v) is 2.23. The Bertz CT molecular complexity index is 469. The highest BCUT2D eigenvalue weighted by Gasteiger charge is 2.20. The molecule has 0 amide bonds. The van der Waals surface area contributed by atoms with Crippen LogP contribution >= 0.6 is 0 Å². The number of hydrogen-bond acceptors (Lipinski definition) is 4. The van der Waals surface area contributed by atoms with Gasteiger partial charge in [0.25, 0.3) is 0 Å². The van der Waals surface area contributed by atoms with Crippen LogP contribution in [0.2, 0.25) is 0 Å². The van der Waals surface area contributed by atoms with Crippen molar-refractivity contribution in [1.29, 1.82) is 0 Å². The van der Waals surface area contributed by atoms with E-state index in [0.29, 0.717) is 13.2 Å². The quantitative estimate of drug-likeness (QED) is 0.293. The molecule has 1 rings (SSSR count). The van der Waals surface area contributed by atoms with Gasteiger partial charge in [-0.1, -0.05) is 46.1 Å². The summed E-state index contributed by atoms with van der Waals surface area (Å²) in [6.07, 6.45) is 6.24. The number of rotatable bonds is 10. The monoisotopic (exact) mass is 307 g/mol. The molecule has 0 heterocycles. The summed E-state index contributed by atoms with van der Waals surface area (Å²) in [5.74, 6) is 1.52. The number of ether oxygens (including phenoxy) is 2. The zero-order valence-corrected chi connectivity index (χ0v) is 14.3. The molecule has 124 valence electrons. The van der Waals surface area contributed by atoms with E-state index in [9.17, 15) is 0 Å². The minimum absolute atomic E-state index is 0.361. The highest BCUT2D eigenvalue weighted by atomic mass is 16.5. The van der Waals surface area contributed by atoms with Gasteiger partial charge in [0.1, 0.15) is 0 Å². The number of oxime groups is 1. The molecule has 0 aliphatic heterocycles. The lowest BCUT2D eigenvalue weighted by atomic mass is 9.86. The number of benzene rings is 1. The van der Waals surface area contributed by atoms with Gasteiger partial charge in [-0.05, 0) is 31.0 Å². The highest BCUT2D eigenvalue weighted by Crippen LogP contribution is 2.33. The van der Waals surface area contributed by atoms with Crippen LogP contribution in [-0.2, 0) is 5.41 Å². The molecule has 22 heavy (non-hydrogen) atoms. The molecule has 0 fully saturated rings. The van der Waals surface area contributed by atoms with Gasteiger partial charge < -0.3 is 14.7 Å². The third-order valence-electron chi connectivity index (χ3n) is 3.62. The molecule has 1 aromatic rings. The third kappa shape index (κ3) is 5.58. The Labute approximate surface area is 134 Å². The zero-order valence-electron chi connectivity index (χ0n) is 14.3. The minimum Gasteiger partial charge on any atom is -0.490 e. The molecular formula is C18H29NO3. The first-order valence-corrected chi connectivity index (χ1v) is 8.13. The molecule has 0 aromatic heterocycles. The maximum absolute atomic E-state index is 8.79. The van der Waals surface area contributed by atoms with Crippen molar-refractivity contribution in [2.24, 2.45) is 5.16 Å². The second-order valence-corrected chi connectivity index (χ2v) is 5.97. The van der Waals surface area contributed by atoms with Crippen molar-refractivity contribution in [3.8, 4) is 11.5 Å². The summed E-state index contributed by atoms with van der Waals surface area (Å²) in [6.45, 7) is 9.43. The molecule has 0 aliphatic rings. The van der Waals surface area contributed by atoms with E-state index in [1.54, 1.807) is 0 Å². The Kier molecular flexibility index (Phi) is 7.78. The van der Waals surface area contributed by atoms with Crippen molar-refractivity contribution in [2.45, 2.75) is 58.8 Å². The second-order valence-electron chi connectivity index (χ2n) is 5.97. The smallest absolute Gasteiger partial charge is 0.161 e. The van der Waals surface area contributed by atoms with E-state index in [0.717, 1.165) is 23.5 Å². The lowest BCUT2D eigenvalue weighted by Gasteiger charge is -2.21. The lowest BCUT2D eigenvalue weighted by Crippen LogP contribution is -2.19. The van der Waals surface area contributed by atoms with Gasteiger partial charge in [0.2, 0.25) is 0 Å². The van der Waals surface area contributed by atoms with Gasteiger partial charge in [0, 0.05) is 5.41 Å². The topological polar surface area (TPSA) is 51.0 Å². The van der Waals surface area contributed by atoms with Crippen molar-refractivity contribution in [2.75, 3.05) is 13.2 Å². The van der Waals surface area contributed by atoms with Crippen LogP contribution in [0, 0.1) is 0 Å².